The van der Waals surface area contributed by atoms with Crippen LogP contribution in [0.4, 0.5) is 18.3 Å². The second-order valence-corrected chi connectivity index (χ2v) is 10.0. The number of hydrogen-bond donors (Lipinski definition) is 4. The Morgan fingerprint density at radius 1 is 1.43 bits per heavy atom. The molecule has 5 N–H and O–H groups in total. The van der Waals surface area contributed by atoms with Gasteiger partial charge < -0.3 is 31.0 Å². The van der Waals surface area contributed by atoms with Gasteiger partial charge in [0.05, 0.1) is 15.5 Å². The average Bonchev–Trinajstić information content (AvgIpc) is 3.15. The number of aliphatic carboxylic acids is 2. The van der Waals surface area contributed by atoms with Gasteiger partial charge in [0.25, 0.3) is 5.91 Å². The van der Waals surface area contributed by atoms with Crippen LogP contribution >= 0.6 is 46.5 Å². The van der Waals surface area contributed by atoms with Gasteiger partial charge in [0.15, 0.2) is 10.8 Å². The van der Waals surface area contributed by atoms with Gasteiger partial charge in [-0.25, -0.2) is 14.6 Å². The smallest absolute Gasteiger partial charge is 0.477 e. The maximum absolute atomic E-state index is 12.6. The Morgan fingerprint density at radius 2 is 2.06 bits per heavy atom. The number of carbonyl (C=O) groups is 4. The Kier molecular flexibility index (Phi) is 9.64. The number of thioether (sulfide) groups is 2. The van der Waals surface area contributed by atoms with Crippen molar-refractivity contribution in [3.8, 4) is 0 Å². The predicted molar refractivity (Wildman–Crippen MR) is 122 cm³/mol. The summed E-state index contributed by atoms with van der Waals surface area (Å²) in [6, 6.07) is -1.37. The van der Waals surface area contributed by atoms with E-state index < -0.39 is 36.1 Å². The van der Waals surface area contributed by atoms with Crippen LogP contribution in [0.15, 0.2) is 20.5 Å². The molecule has 2 atom stereocenters. The van der Waals surface area contributed by atoms with E-state index >= 15 is 0 Å². The number of carboxylic acid groups (broad SMARTS) is 2. The summed E-state index contributed by atoms with van der Waals surface area (Å²) in [6.45, 7) is 0.163. The molecule has 0 spiro atoms. The van der Waals surface area contributed by atoms with Crippen molar-refractivity contribution >= 4 is 80.3 Å². The molecule has 0 radical (unpaired) electrons. The highest BCUT2D eigenvalue weighted by Crippen LogP contribution is 2.44. The Bertz CT molecular complexity index is 1080. The Morgan fingerprint density at radius 3 is 2.51 bits per heavy atom. The van der Waals surface area contributed by atoms with Gasteiger partial charge in [-0.15, -0.1) is 34.7 Å². The van der Waals surface area contributed by atoms with Crippen LogP contribution in [0.1, 0.15) is 5.69 Å². The lowest BCUT2D eigenvalue weighted by atomic mass is 9.95. The summed E-state index contributed by atoms with van der Waals surface area (Å²) in [6.07, 6.45) is -5.08. The van der Waals surface area contributed by atoms with Gasteiger partial charge in [-0.3, -0.25) is 9.59 Å². The van der Waals surface area contributed by atoms with Gasteiger partial charge in [-0.2, -0.15) is 13.2 Å². The van der Waals surface area contributed by atoms with Crippen molar-refractivity contribution in [1.29, 1.82) is 0 Å². The second kappa shape index (κ2) is 11.8. The van der Waals surface area contributed by atoms with Crippen molar-refractivity contribution in [2.45, 2.75) is 18.3 Å². The number of halogens is 4. The van der Waals surface area contributed by atoms with Crippen LogP contribution in [-0.2, 0) is 24.0 Å². The molecule has 0 bridgehead atoms. The van der Waals surface area contributed by atoms with E-state index in [0.717, 1.165) is 34.9 Å². The zero-order valence-corrected chi connectivity index (χ0v) is 20.4. The van der Waals surface area contributed by atoms with Crippen LogP contribution < -0.4 is 11.1 Å². The third kappa shape index (κ3) is 6.92. The highest BCUT2D eigenvalue weighted by molar-refractivity contribution is 8.30. The molecule has 192 valence electrons. The van der Waals surface area contributed by atoms with Crippen LogP contribution in [0.25, 0.3) is 0 Å². The van der Waals surface area contributed by atoms with Gasteiger partial charge in [-0.1, -0.05) is 5.16 Å². The molecular formula is C16H15ClF3N5O7S3. The summed E-state index contributed by atoms with van der Waals surface area (Å²) in [5.74, 6) is -4.51. The number of oxime groups is 1. The van der Waals surface area contributed by atoms with Crippen LogP contribution in [0.2, 0.25) is 0 Å². The maximum Gasteiger partial charge on any atom is 0.490 e. The molecule has 1 fully saturated rings. The molecule has 0 aliphatic carbocycles. The summed E-state index contributed by atoms with van der Waals surface area (Å²) in [4.78, 5) is 55.8. The first-order valence-corrected chi connectivity index (χ1v) is 12.1. The van der Waals surface area contributed by atoms with E-state index in [2.05, 4.69) is 15.5 Å². The number of aromatic nitrogens is 1. The zero-order chi connectivity index (χ0) is 26.5. The largest absolute Gasteiger partial charge is 0.490 e. The molecule has 1 aromatic rings. The van der Waals surface area contributed by atoms with E-state index in [1.165, 1.54) is 12.0 Å². The zero-order valence-electron chi connectivity index (χ0n) is 17.2. The van der Waals surface area contributed by atoms with Crippen molar-refractivity contribution in [2.24, 2.45) is 5.16 Å². The van der Waals surface area contributed by atoms with E-state index in [0.29, 0.717) is 4.24 Å². The first kappa shape index (κ1) is 28.5. The van der Waals surface area contributed by atoms with Gasteiger partial charge >= 0.3 is 18.1 Å². The Balaban J connectivity index is 0.000000540. The van der Waals surface area contributed by atoms with E-state index in [4.69, 9.17) is 32.1 Å². The number of carbonyl (C=O) groups excluding carboxylic acids is 2. The number of nitrogens with one attached hydrogen (secondary N) is 1. The molecular weight excluding hydrogens is 563 g/mol. The minimum absolute atomic E-state index is 0.0174. The molecule has 1 saturated heterocycles. The van der Waals surface area contributed by atoms with Crippen molar-refractivity contribution in [3.63, 3.8) is 0 Å². The van der Waals surface area contributed by atoms with Gasteiger partial charge in [-0.05, 0) is 11.8 Å². The number of rotatable bonds is 7. The first-order valence-electron chi connectivity index (χ1n) is 8.89. The third-order valence-corrected chi connectivity index (χ3v) is 7.13. The quantitative estimate of drug-likeness (QED) is 0.207. The number of nitrogen functional groups attached to an aromatic ring is 1. The number of anilines is 1. The van der Waals surface area contributed by atoms with E-state index in [-0.39, 0.29) is 39.1 Å². The summed E-state index contributed by atoms with van der Waals surface area (Å²) in [7, 11) is 1.29. The van der Waals surface area contributed by atoms with Crippen molar-refractivity contribution in [1.82, 2.24) is 15.2 Å². The fourth-order valence-electron chi connectivity index (χ4n) is 2.75. The molecule has 2 unspecified atom stereocenters. The first-order chi connectivity index (χ1) is 16.3. The normalized spacial score (nSPS) is 19.7. The van der Waals surface area contributed by atoms with Gasteiger partial charge in [0.1, 0.15) is 24.5 Å². The van der Waals surface area contributed by atoms with E-state index in [1.54, 1.807) is 5.38 Å². The molecule has 0 aromatic carbocycles. The van der Waals surface area contributed by atoms with Crippen LogP contribution in [0.3, 0.4) is 0 Å². The topological polar surface area (TPSA) is 185 Å². The summed E-state index contributed by atoms with van der Waals surface area (Å²) in [5.41, 5.74) is 5.77. The Labute approximate surface area is 211 Å². The van der Waals surface area contributed by atoms with Crippen molar-refractivity contribution in [3.05, 3.63) is 21.0 Å². The number of carboxylic acids is 2. The van der Waals surface area contributed by atoms with Crippen LogP contribution in [-0.4, -0.2) is 85.9 Å². The summed E-state index contributed by atoms with van der Waals surface area (Å²) < 4.78 is 32.1. The lowest BCUT2D eigenvalue weighted by Gasteiger charge is -2.50. The van der Waals surface area contributed by atoms with Crippen molar-refractivity contribution in [2.75, 3.05) is 24.6 Å². The molecule has 19 heteroatoms. The standard InChI is InChI=1S/C14H14ClN5O5S3.C2HF3O2/c1-25-19-7(6-3-26-14(16)18-6)10(21)17-5-2-20-8(5)12(24)28-13(27-4-15)9(20)11(22)23;3-2(4,5)1(6)7/h3,5,8H,2,4H2,1H3,(H2,16,18)(H,17,21)(H,22,23);(H,6,7). The fraction of sp³-hybridized carbons (Fsp3) is 0.375. The molecule has 2 aliphatic rings. The Hall–Kier alpha value is -2.70. The number of thiazole rings is 1. The molecule has 35 heavy (non-hydrogen) atoms. The van der Waals surface area contributed by atoms with Crippen molar-refractivity contribution < 1.29 is 47.4 Å². The lowest BCUT2D eigenvalue weighted by molar-refractivity contribution is -0.192. The summed E-state index contributed by atoms with van der Waals surface area (Å²) in [5, 5.41) is 24.7. The number of alkyl halides is 4. The molecule has 0 saturated carbocycles. The monoisotopic (exact) mass is 577 g/mol. The molecule has 12 nitrogen and oxygen atoms in total. The molecule has 3 heterocycles. The van der Waals surface area contributed by atoms with E-state index in [1.807, 2.05) is 0 Å². The predicted octanol–water partition coefficient (Wildman–Crippen LogP) is 1.33. The minimum atomic E-state index is -5.08. The van der Waals surface area contributed by atoms with E-state index in [9.17, 15) is 32.7 Å². The number of hydrogen-bond acceptors (Lipinski definition) is 12. The fourth-order valence-corrected chi connectivity index (χ4v) is 5.82. The van der Waals surface area contributed by atoms with Gasteiger partial charge in [0, 0.05) is 11.9 Å². The third-order valence-electron chi connectivity index (χ3n) is 4.14. The highest BCUT2D eigenvalue weighted by Gasteiger charge is 2.51. The average molecular weight is 578 g/mol. The van der Waals surface area contributed by atoms with Crippen LogP contribution in [0, 0.1) is 0 Å². The number of amides is 1. The lowest BCUT2D eigenvalue weighted by Crippen LogP contribution is -2.70. The second-order valence-electron chi connectivity index (χ2n) is 6.29. The van der Waals surface area contributed by atoms with Crippen LogP contribution in [0.5, 0.6) is 0 Å². The highest BCUT2D eigenvalue weighted by atomic mass is 35.5. The molecule has 3 rings (SSSR count). The SMILES string of the molecule is CON=C(C(=O)NC1CN2C(C(=O)O)=C(SCCl)SC(=O)C12)c1csc(N)n1.O=C(O)C(F)(F)F. The number of fused-ring (bicyclic) bond motifs is 1. The number of nitrogens with two attached hydrogens (primary N) is 1. The molecule has 1 amide bonds. The maximum atomic E-state index is 12.6. The molecule has 1 aromatic heterocycles. The number of nitrogens with zero attached hydrogens (tertiary/aromatic N) is 3. The van der Waals surface area contributed by atoms with Gasteiger partial charge in [0.2, 0.25) is 5.12 Å². The summed E-state index contributed by atoms with van der Waals surface area (Å²) >= 11 is 8.72. The minimum Gasteiger partial charge on any atom is -0.477 e. The molecule has 2 aliphatic heterocycles.